The van der Waals surface area contributed by atoms with Gasteiger partial charge in [-0.25, -0.2) is 0 Å². The predicted octanol–water partition coefficient (Wildman–Crippen LogP) is -0.362. The van der Waals surface area contributed by atoms with Crippen LogP contribution in [-0.4, -0.2) is 5.16 Å². The highest BCUT2D eigenvalue weighted by Crippen LogP contribution is 1.92. The zero-order chi connectivity index (χ0) is 5.82. The molecule has 0 atom stereocenters. The zero-order valence-electron chi connectivity index (χ0n) is 4.29. The number of hydrogen-bond acceptors (Lipinski definition) is 4. The Balaban J connectivity index is 2.50. The summed E-state index contributed by atoms with van der Waals surface area (Å²) in [6.07, 6.45) is 1.58. The Morgan fingerprint density at radius 1 is 1.88 bits per heavy atom. The molecule has 1 aromatic rings. The van der Waals surface area contributed by atoms with Crippen molar-refractivity contribution in [2.24, 2.45) is 5.84 Å². The summed E-state index contributed by atoms with van der Waals surface area (Å²) in [6.45, 7) is 0.528. The van der Waals surface area contributed by atoms with Gasteiger partial charge in [0, 0.05) is 6.07 Å². The van der Waals surface area contributed by atoms with Gasteiger partial charge >= 0.3 is 0 Å². The lowest BCUT2D eigenvalue weighted by molar-refractivity contribution is 0.374. The van der Waals surface area contributed by atoms with Gasteiger partial charge in [0.05, 0.1) is 12.7 Å². The molecular weight excluding hydrogens is 106 g/mol. The van der Waals surface area contributed by atoms with Crippen LogP contribution < -0.4 is 11.3 Å². The minimum atomic E-state index is 0.528. The highest BCUT2D eigenvalue weighted by molar-refractivity contribution is 4.91. The Kier molecular flexibility index (Phi) is 1.61. The second kappa shape index (κ2) is 2.44. The quantitative estimate of drug-likeness (QED) is 0.406. The van der Waals surface area contributed by atoms with Crippen LogP contribution in [0.15, 0.2) is 16.8 Å². The summed E-state index contributed by atoms with van der Waals surface area (Å²) in [5, 5.41) is 3.47. The van der Waals surface area contributed by atoms with E-state index in [1.165, 1.54) is 0 Å². The average molecular weight is 113 g/mol. The van der Waals surface area contributed by atoms with Crippen molar-refractivity contribution in [3.8, 4) is 0 Å². The molecule has 8 heavy (non-hydrogen) atoms. The van der Waals surface area contributed by atoms with Crippen molar-refractivity contribution in [1.82, 2.24) is 10.6 Å². The van der Waals surface area contributed by atoms with E-state index >= 15 is 0 Å². The van der Waals surface area contributed by atoms with E-state index in [0.717, 1.165) is 5.76 Å². The number of aromatic nitrogens is 1. The molecule has 0 unspecified atom stereocenters. The largest absolute Gasteiger partial charge is 0.360 e. The first-order valence-corrected chi connectivity index (χ1v) is 2.26. The fraction of sp³-hybridized carbons (Fsp3) is 0.250. The van der Waals surface area contributed by atoms with E-state index in [4.69, 9.17) is 5.84 Å². The molecular formula is C4H7N3O. The molecule has 4 nitrogen and oxygen atoms in total. The van der Waals surface area contributed by atoms with Crippen LogP contribution in [0, 0.1) is 0 Å². The van der Waals surface area contributed by atoms with E-state index in [-0.39, 0.29) is 0 Å². The van der Waals surface area contributed by atoms with Crippen molar-refractivity contribution in [1.29, 1.82) is 0 Å². The Morgan fingerprint density at radius 2 is 2.75 bits per heavy atom. The first-order valence-electron chi connectivity index (χ1n) is 2.26. The lowest BCUT2D eigenvalue weighted by Gasteiger charge is -1.87. The van der Waals surface area contributed by atoms with Gasteiger partial charge in [0.15, 0.2) is 5.76 Å². The lowest BCUT2D eigenvalue weighted by atomic mass is 10.5. The molecule has 0 fully saturated rings. The first-order chi connectivity index (χ1) is 3.93. The third kappa shape index (κ3) is 1.05. The Hall–Kier alpha value is -0.870. The number of nitrogens with one attached hydrogen (secondary N) is 1. The summed E-state index contributed by atoms with van der Waals surface area (Å²) < 4.78 is 4.68. The Morgan fingerprint density at radius 3 is 3.25 bits per heavy atom. The predicted molar refractivity (Wildman–Crippen MR) is 27.5 cm³/mol. The average Bonchev–Trinajstić information content (AvgIpc) is 2.19. The van der Waals surface area contributed by atoms with Gasteiger partial charge in [-0.15, -0.1) is 0 Å². The molecule has 0 saturated heterocycles. The van der Waals surface area contributed by atoms with E-state index in [1.54, 1.807) is 12.3 Å². The van der Waals surface area contributed by atoms with Crippen LogP contribution in [0.2, 0.25) is 0 Å². The Labute approximate surface area is 46.6 Å². The standard InChI is InChI=1S/C4H7N3O/c5-6-3-4-1-2-7-8-4/h1-2,6H,3,5H2. The summed E-state index contributed by atoms with van der Waals surface area (Å²) in [5.41, 5.74) is 2.44. The Bertz CT molecular complexity index is 137. The van der Waals surface area contributed by atoms with Gasteiger partial charge < -0.3 is 4.52 Å². The highest BCUT2D eigenvalue weighted by atomic mass is 16.5. The summed E-state index contributed by atoms with van der Waals surface area (Å²) in [4.78, 5) is 0. The molecule has 0 saturated carbocycles. The van der Waals surface area contributed by atoms with Crippen LogP contribution >= 0.6 is 0 Å². The molecule has 0 aliphatic carbocycles. The fourth-order valence-corrected chi connectivity index (χ4v) is 0.434. The smallest absolute Gasteiger partial charge is 0.151 e. The molecule has 0 radical (unpaired) electrons. The number of nitrogens with zero attached hydrogens (tertiary/aromatic N) is 1. The van der Waals surface area contributed by atoms with Crippen molar-refractivity contribution >= 4 is 0 Å². The highest BCUT2D eigenvalue weighted by Gasteiger charge is 1.90. The van der Waals surface area contributed by atoms with E-state index in [0.29, 0.717) is 6.54 Å². The van der Waals surface area contributed by atoms with Crippen LogP contribution in [0.1, 0.15) is 5.76 Å². The second-order valence-electron chi connectivity index (χ2n) is 1.36. The van der Waals surface area contributed by atoms with E-state index in [1.807, 2.05) is 0 Å². The van der Waals surface area contributed by atoms with Crippen molar-refractivity contribution < 1.29 is 4.52 Å². The van der Waals surface area contributed by atoms with Gasteiger partial charge in [-0.1, -0.05) is 5.16 Å². The topological polar surface area (TPSA) is 64.1 Å². The molecule has 1 rings (SSSR count). The summed E-state index contributed by atoms with van der Waals surface area (Å²) >= 11 is 0. The number of nitrogens with two attached hydrogens (primary N) is 1. The monoisotopic (exact) mass is 113 g/mol. The maximum Gasteiger partial charge on any atom is 0.151 e. The van der Waals surface area contributed by atoms with Crippen molar-refractivity contribution in [2.75, 3.05) is 0 Å². The molecule has 3 N–H and O–H groups in total. The molecule has 0 bridgehead atoms. The van der Waals surface area contributed by atoms with Gasteiger partial charge in [-0.05, 0) is 0 Å². The molecule has 4 heteroatoms. The molecule has 1 aromatic heterocycles. The zero-order valence-corrected chi connectivity index (χ0v) is 4.29. The second-order valence-corrected chi connectivity index (χ2v) is 1.36. The maximum atomic E-state index is 4.98. The third-order valence-corrected chi connectivity index (χ3v) is 0.768. The lowest BCUT2D eigenvalue weighted by Crippen LogP contribution is -2.20. The minimum absolute atomic E-state index is 0.528. The molecule has 0 spiro atoms. The number of rotatable bonds is 2. The van der Waals surface area contributed by atoms with Gasteiger partial charge in [0.1, 0.15) is 0 Å². The molecule has 0 aliphatic heterocycles. The SMILES string of the molecule is NNCc1ccno1. The van der Waals surface area contributed by atoms with Crippen LogP contribution in [-0.2, 0) is 6.54 Å². The maximum absolute atomic E-state index is 4.98. The molecule has 0 aromatic carbocycles. The number of hydrogen-bond donors (Lipinski definition) is 2. The van der Waals surface area contributed by atoms with E-state index in [2.05, 4.69) is 15.1 Å². The molecule has 44 valence electrons. The van der Waals surface area contributed by atoms with Gasteiger partial charge in [-0.2, -0.15) is 0 Å². The summed E-state index contributed by atoms with van der Waals surface area (Å²) in [5.74, 6) is 5.72. The molecule has 1 heterocycles. The van der Waals surface area contributed by atoms with E-state index in [9.17, 15) is 0 Å². The van der Waals surface area contributed by atoms with Gasteiger partial charge in [-0.3, -0.25) is 11.3 Å². The van der Waals surface area contributed by atoms with Crippen molar-refractivity contribution in [2.45, 2.75) is 6.54 Å². The fourth-order valence-electron chi connectivity index (χ4n) is 0.434. The van der Waals surface area contributed by atoms with Crippen LogP contribution in [0.5, 0.6) is 0 Å². The van der Waals surface area contributed by atoms with Crippen molar-refractivity contribution in [3.63, 3.8) is 0 Å². The normalized spacial score (nSPS) is 9.62. The molecule has 0 amide bonds. The number of hydrazine groups is 1. The van der Waals surface area contributed by atoms with Gasteiger partial charge in [0.25, 0.3) is 0 Å². The minimum Gasteiger partial charge on any atom is -0.360 e. The van der Waals surface area contributed by atoms with E-state index < -0.39 is 0 Å². The molecule has 0 aliphatic rings. The summed E-state index contributed by atoms with van der Waals surface area (Å²) in [6, 6.07) is 1.75. The first kappa shape index (κ1) is 5.27. The van der Waals surface area contributed by atoms with Crippen molar-refractivity contribution in [3.05, 3.63) is 18.0 Å². The van der Waals surface area contributed by atoms with Crippen LogP contribution in [0.3, 0.4) is 0 Å². The van der Waals surface area contributed by atoms with Crippen LogP contribution in [0.25, 0.3) is 0 Å². The third-order valence-electron chi connectivity index (χ3n) is 0.768. The van der Waals surface area contributed by atoms with Crippen LogP contribution in [0.4, 0.5) is 0 Å². The summed E-state index contributed by atoms with van der Waals surface area (Å²) in [7, 11) is 0. The van der Waals surface area contributed by atoms with Gasteiger partial charge in [0.2, 0.25) is 0 Å².